The molecule has 0 radical (unpaired) electrons. The second-order valence-corrected chi connectivity index (χ2v) is 5.46. The maximum atomic E-state index is 10.9. The minimum atomic E-state index is -1.04. The fourth-order valence-corrected chi connectivity index (χ4v) is 2.52. The molecule has 0 aromatic heterocycles. The normalized spacial score (nSPS) is 12.0. The molecule has 21 heavy (non-hydrogen) atoms. The Hall–Kier alpha value is -1.84. The second-order valence-electron chi connectivity index (χ2n) is 5.05. The molecule has 0 spiro atoms. The number of quaternary nitrogens is 1. The molecule has 0 fully saturated rings. The standard InChI is InChI=1S/C17H18ClNO2/c18-16-9-5-4-8-15(16)12-19(13-17(20)21)11-10-14-6-2-1-3-7-14/h1-9H,10-13H2,(H,20,21). The van der Waals surface area contributed by atoms with Crippen molar-refractivity contribution in [2.24, 2.45) is 0 Å². The van der Waals surface area contributed by atoms with E-state index in [1.807, 2.05) is 54.6 Å². The lowest BCUT2D eigenvalue weighted by Gasteiger charge is -2.20. The lowest BCUT2D eigenvalue weighted by molar-refractivity contribution is -0.908. The average molecular weight is 304 g/mol. The molecule has 2 rings (SSSR count). The molecule has 0 aliphatic rings. The maximum absolute atomic E-state index is 10.9. The summed E-state index contributed by atoms with van der Waals surface area (Å²) in [7, 11) is 0. The summed E-state index contributed by atoms with van der Waals surface area (Å²) in [6.07, 6.45) is 0.827. The third-order valence-electron chi connectivity index (χ3n) is 3.40. The molecule has 3 nitrogen and oxygen atoms in total. The lowest BCUT2D eigenvalue weighted by Crippen LogP contribution is -3.12. The van der Waals surface area contributed by atoms with E-state index in [4.69, 9.17) is 11.6 Å². The number of nitrogens with one attached hydrogen (secondary N) is 1. The Balaban J connectivity index is 2.01. The number of carboxylic acids is 1. The summed E-state index contributed by atoms with van der Waals surface area (Å²) in [4.78, 5) is 11.9. The summed E-state index contributed by atoms with van der Waals surface area (Å²) in [5.74, 6) is -1.04. The van der Waals surface area contributed by atoms with Gasteiger partial charge in [-0.2, -0.15) is 0 Å². The van der Waals surface area contributed by atoms with E-state index in [0.29, 0.717) is 11.6 Å². The highest BCUT2D eigenvalue weighted by atomic mass is 35.5. The molecule has 1 unspecified atom stereocenters. The van der Waals surface area contributed by atoms with Gasteiger partial charge in [-0.3, -0.25) is 0 Å². The molecule has 1 atom stereocenters. The van der Waals surface area contributed by atoms with Gasteiger partial charge in [-0.25, -0.2) is 0 Å². The first-order chi connectivity index (χ1) is 10.1. The van der Waals surface area contributed by atoms with Crippen molar-refractivity contribution in [3.8, 4) is 0 Å². The second kappa shape index (κ2) is 7.81. The number of hydrogen-bond donors (Lipinski definition) is 1. The smallest absolute Gasteiger partial charge is 0.118 e. The van der Waals surface area contributed by atoms with Crippen LogP contribution in [0.3, 0.4) is 0 Å². The summed E-state index contributed by atoms with van der Waals surface area (Å²) in [6.45, 7) is 1.29. The van der Waals surface area contributed by atoms with Crippen LogP contribution in [0.5, 0.6) is 0 Å². The summed E-state index contributed by atoms with van der Waals surface area (Å²) < 4.78 is 0. The minimum Gasteiger partial charge on any atom is -0.544 e. The van der Waals surface area contributed by atoms with Gasteiger partial charge in [-0.1, -0.05) is 60.1 Å². The third kappa shape index (κ3) is 5.21. The number of aliphatic carboxylic acids is 1. The molecular weight excluding hydrogens is 286 g/mol. The van der Waals surface area contributed by atoms with Crippen molar-refractivity contribution in [2.75, 3.05) is 13.1 Å². The van der Waals surface area contributed by atoms with Gasteiger partial charge in [0.1, 0.15) is 13.1 Å². The van der Waals surface area contributed by atoms with Gasteiger partial charge in [0, 0.05) is 17.0 Å². The van der Waals surface area contributed by atoms with Crippen LogP contribution in [0.25, 0.3) is 0 Å². The largest absolute Gasteiger partial charge is 0.544 e. The Morgan fingerprint density at radius 1 is 1.05 bits per heavy atom. The van der Waals surface area contributed by atoms with Crippen LogP contribution in [0, 0.1) is 0 Å². The van der Waals surface area contributed by atoms with Crippen molar-refractivity contribution in [2.45, 2.75) is 13.0 Å². The first-order valence-electron chi connectivity index (χ1n) is 6.96. The minimum absolute atomic E-state index is 0.0158. The van der Waals surface area contributed by atoms with Crippen LogP contribution in [0.15, 0.2) is 54.6 Å². The Kier molecular flexibility index (Phi) is 5.78. The molecule has 1 N–H and O–H groups in total. The van der Waals surface area contributed by atoms with E-state index in [-0.39, 0.29) is 6.54 Å². The molecule has 2 aromatic carbocycles. The van der Waals surface area contributed by atoms with Crippen LogP contribution in [-0.2, 0) is 17.8 Å². The Morgan fingerprint density at radius 2 is 1.71 bits per heavy atom. The highest BCUT2D eigenvalue weighted by Crippen LogP contribution is 2.13. The zero-order valence-electron chi connectivity index (χ0n) is 11.7. The molecule has 0 saturated carbocycles. The van der Waals surface area contributed by atoms with Gasteiger partial charge in [0.15, 0.2) is 0 Å². The highest BCUT2D eigenvalue weighted by molar-refractivity contribution is 6.31. The van der Waals surface area contributed by atoms with Gasteiger partial charge in [0.2, 0.25) is 0 Å². The number of halogens is 1. The van der Waals surface area contributed by atoms with Crippen LogP contribution in [-0.4, -0.2) is 19.1 Å². The van der Waals surface area contributed by atoms with Gasteiger partial charge < -0.3 is 14.8 Å². The van der Waals surface area contributed by atoms with E-state index in [9.17, 15) is 9.90 Å². The zero-order chi connectivity index (χ0) is 15.1. The monoisotopic (exact) mass is 303 g/mol. The van der Waals surface area contributed by atoms with Crippen LogP contribution in [0.2, 0.25) is 5.02 Å². The summed E-state index contributed by atoms with van der Waals surface area (Å²) >= 11 is 6.15. The van der Waals surface area contributed by atoms with Crippen LogP contribution < -0.4 is 10.0 Å². The third-order valence-corrected chi connectivity index (χ3v) is 3.77. The molecule has 110 valence electrons. The molecular formula is C17H18ClNO2. The van der Waals surface area contributed by atoms with Crippen LogP contribution in [0.1, 0.15) is 11.1 Å². The van der Waals surface area contributed by atoms with E-state index in [1.54, 1.807) is 0 Å². The van der Waals surface area contributed by atoms with E-state index in [0.717, 1.165) is 23.4 Å². The fraction of sp³-hybridized carbons (Fsp3) is 0.235. The molecule has 0 saturated heterocycles. The molecule has 2 aromatic rings. The first-order valence-corrected chi connectivity index (χ1v) is 7.33. The number of carboxylic acid groups (broad SMARTS) is 1. The lowest BCUT2D eigenvalue weighted by atomic mass is 10.1. The van der Waals surface area contributed by atoms with Crippen molar-refractivity contribution in [3.05, 3.63) is 70.7 Å². The van der Waals surface area contributed by atoms with E-state index < -0.39 is 5.97 Å². The quantitative estimate of drug-likeness (QED) is 0.819. The molecule has 0 heterocycles. The highest BCUT2D eigenvalue weighted by Gasteiger charge is 2.12. The van der Waals surface area contributed by atoms with Gasteiger partial charge in [0.25, 0.3) is 0 Å². The van der Waals surface area contributed by atoms with Crippen molar-refractivity contribution in [3.63, 3.8) is 0 Å². The SMILES string of the molecule is O=C([O-])C[NH+](CCc1ccccc1)Cc1ccccc1Cl. The first kappa shape index (κ1) is 15.5. The zero-order valence-corrected chi connectivity index (χ0v) is 12.5. The van der Waals surface area contributed by atoms with E-state index >= 15 is 0 Å². The van der Waals surface area contributed by atoms with Crippen molar-refractivity contribution in [1.29, 1.82) is 0 Å². The number of carbonyl (C=O) groups excluding carboxylic acids is 1. The van der Waals surface area contributed by atoms with Crippen molar-refractivity contribution in [1.82, 2.24) is 0 Å². The number of benzene rings is 2. The topological polar surface area (TPSA) is 44.6 Å². The van der Waals surface area contributed by atoms with Gasteiger partial charge >= 0.3 is 0 Å². The molecule has 0 aliphatic carbocycles. The summed E-state index contributed by atoms with van der Waals surface area (Å²) in [5, 5.41) is 11.6. The number of carbonyl (C=O) groups is 1. The van der Waals surface area contributed by atoms with E-state index in [2.05, 4.69) is 0 Å². The molecule has 0 bridgehead atoms. The maximum Gasteiger partial charge on any atom is 0.118 e. The molecule has 0 aliphatic heterocycles. The Bertz CT molecular complexity index is 586. The Labute approximate surface area is 129 Å². The van der Waals surface area contributed by atoms with E-state index in [1.165, 1.54) is 5.56 Å². The van der Waals surface area contributed by atoms with Crippen LogP contribution >= 0.6 is 11.6 Å². The van der Waals surface area contributed by atoms with Crippen molar-refractivity contribution >= 4 is 17.6 Å². The fourth-order valence-electron chi connectivity index (χ4n) is 2.32. The Morgan fingerprint density at radius 3 is 2.38 bits per heavy atom. The predicted octanol–water partition coefficient (Wildman–Crippen LogP) is 0.718. The van der Waals surface area contributed by atoms with Crippen LogP contribution in [0.4, 0.5) is 0 Å². The van der Waals surface area contributed by atoms with Gasteiger partial charge in [-0.15, -0.1) is 0 Å². The average Bonchev–Trinajstić information content (AvgIpc) is 2.48. The van der Waals surface area contributed by atoms with Gasteiger partial charge in [-0.05, 0) is 11.6 Å². The summed E-state index contributed by atoms with van der Waals surface area (Å²) in [5.41, 5.74) is 2.16. The number of rotatable bonds is 7. The molecule has 0 amide bonds. The summed E-state index contributed by atoms with van der Waals surface area (Å²) in [6, 6.07) is 17.6. The van der Waals surface area contributed by atoms with Gasteiger partial charge in [0.05, 0.1) is 12.5 Å². The molecule has 4 heteroatoms. The predicted molar refractivity (Wildman–Crippen MR) is 81.0 cm³/mol. The number of hydrogen-bond acceptors (Lipinski definition) is 2. The van der Waals surface area contributed by atoms with Crippen molar-refractivity contribution < 1.29 is 14.8 Å².